The first-order valence-corrected chi connectivity index (χ1v) is 8.13. The number of thioether (sulfide) groups is 1. The Bertz CT molecular complexity index is 639. The van der Waals surface area contributed by atoms with Crippen LogP contribution in [0, 0.1) is 6.92 Å². The average Bonchev–Trinajstić information content (AvgIpc) is 3.15. The van der Waals surface area contributed by atoms with Gasteiger partial charge in [-0.05, 0) is 43.9 Å². The molecule has 0 radical (unpaired) electrons. The second-order valence-electron chi connectivity index (χ2n) is 5.15. The summed E-state index contributed by atoms with van der Waals surface area (Å²) in [6.45, 7) is 3.18. The number of nitrogens with zero attached hydrogens (tertiary/aromatic N) is 3. The van der Waals surface area contributed by atoms with Gasteiger partial charge in [0.2, 0.25) is 5.89 Å². The van der Waals surface area contributed by atoms with Crippen LogP contribution in [0.25, 0.3) is 0 Å². The quantitative estimate of drug-likeness (QED) is 0.816. The molecule has 0 N–H and O–H groups in total. The highest BCUT2D eigenvalue weighted by atomic mass is 32.2. The molecule has 5 nitrogen and oxygen atoms in total. The molecule has 0 unspecified atom stereocenters. The van der Waals surface area contributed by atoms with Crippen LogP contribution in [0.15, 0.2) is 33.7 Å². The van der Waals surface area contributed by atoms with E-state index in [4.69, 9.17) is 4.52 Å². The average molecular weight is 303 g/mol. The molecule has 110 valence electrons. The molecule has 3 rings (SSSR count). The summed E-state index contributed by atoms with van der Waals surface area (Å²) in [5, 5.41) is 3.82. The summed E-state index contributed by atoms with van der Waals surface area (Å²) < 4.78 is 5.21. The molecule has 1 saturated heterocycles. The van der Waals surface area contributed by atoms with Crippen molar-refractivity contribution in [2.45, 2.75) is 24.2 Å². The van der Waals surface area contributed by atoms with Gasteiger partial charge in [0.05, 0.1) is 5.92 Å². The van der Waals surface area contributed by atoms with Crippen molar-refractivity contribution < 1.29 is 9.32 Å². The molecule has 0 bridgehead atoms. The van der Waals surface area contributed by atoms with Gasteiger partial charge in [-0.15, -0.1) is 11.8 Å². The summed E-state index contributed by atoms with van der Waals surface area (Å²) in [7, 11) is 0. The Hall–Kier alpha value is -1.82. The van der Waals surface area contributed by atoms with Gasteiger partial charge in [0.1, 0.15) is 0 Å². The first kappa shape index (κ1) is 14.1. The lowest BCUT2D eigenvalue weighted by Gasteiger charge is -2.16. The smallest absolute Gasteiger partial charge is 0.253 e. The molecule has 1 aromatic carbocycles. The van der Waals surface area contributed by atoms with E-state index < -0.39 is 0 Å². The summed E-state index contributed by atoms with van der Waals surface area (Å²) in [4.78, 5) is 19.8. The number of aryl methyl sites for hydroxylation is 1. The molecule has 0 saturated carbocycles. The predicted molar refractivity (Wildman–Crippen MR) is 80.5 cm³/mol. The van der Waals surface area contributed by atoms with Crippen LogP contribution in [0.2, 0.25) is 0 Å². The molecule has 2 heterocycles. The van der Waals surface area contributed by atoms with E-state index in [2.05, 4.69) is 10.1 Å². The van der Waals surface area contributed by atoms with E-state index in [9.17, 15) is 4.79 Å². The molecule has 0 aliphatic carbocycles. The maximum Gasteiger partial charge on any atom is 0.253 e. The van der Waals surface area contributed by atoms with Crippen LogP contribution in [-0.2, 0) is 0 Å². The summed E-state index contributed by atoms with van der Waals surface area (Å²) >= 11 is 1.67. The number of benzene rings is 1. The van der Waals surface area contributed by atoms with Crippen molar-refractivity contribution in [2.24, 2.45) is 0 Å². The highest BCUT2D eigenvalue weighted by Gasteiger charge is 2.31. The maximum atomic E-state index is 12.5. The number of rotatable bonds is 3. The van der Waals surface area contributed by atoms with Crippen LogP contribution in [0.5, 0.6) is 0 Å². The zero-order valence-corrected chi connectivity index (χ0v) is 12.9. The molecule has 0 spiro atoms. The van der Waals surface area contributed by atoms with Crippen LogP contribution in [0.4, 0.5) is 0 Å². The Labute approximate surface area is 127 Å². The SMILES string of the molecule is CSc1ccc(C(=O)N2CC[C@H](c3nc(C)no3)C2)cc1. The second-order valence-corrected chi connectivity index (χ2v) is 6.02. The Kier molecular flexibility index (Phi) is 3.96. The highest BCUT2D eigenvalue weighted by Crippen LogP contribution is 2.27. The minimum absolute atomic E-state index is 0.0707. The molecule has 1 fully saturated rings. The van der Waals surface area contributed by atoms with Gasteiger partial charge >= 0.3 is 0 Å². The molecule has 1 aliphatic heterocycles. The van der Waals surface area contributed by atoms with E-state index >= 15 is 0 Å². The fraction of sp³-hybridized carbons (Fsp3) is 0.400. The molecule has 2 aromatic rings. The van der Waals surface area contributed by atoms with Gasteiger partial charge in [0.15, 0.2) is 5.82 Å². The fourth-order valence-corrected chi connectivity index (χ4v) is 2.95. The van der Waals surface area contributed by atoms with Gasteiger partial charge < -0.3 is 9.42 Å². The van der Waals surface area contributed by atoms with Gasteiger partial charge in [-0.3, -0.25) is 4.79 Å². The number of amides is 1. The summed E-state index contributed by atoms with van der Waals surface area (Å²) in [5.74, 6) is 1.50. The maximum absolute atomic E-state index is 12.5. The van der Waals surface area contributed by atoms with E-state index in [0.29, 0.717) is 18.3 Å². The normalized spacial score (nSPS) is 18.2. The van der Waals surface area contributed by atoms with Crippen molar-refractivity contribution in [1.29, 1.82) is 0 Å². The van der Waals surface area contributed by atoms with Crippen molar-refractivity contribution in [3.05, 3.63) is 41.5 Å². The molecular formula is C15H17N3O2S. The summed E-state index contributed by atoms with van der Waals surface area (Å²) in [5.41, 5.74) is 0.732. The molecule has 1 aromatic heterocycles. The Morgan fingerprint density at radius 1 is 1.38 bits per heavy atom. The van der Waals surface area contributed by atoms with Gasteiger partial charge in [0.25, 0.3) is 5.91 Å². The Balaban J connectivity index is 1.68. The van der Waals surface area contributed by atoms with Crippen molar-refractivity contribution in [3.8, 4) is 0 Å². The summed E-state index contributed by atoms with van der Waals surface area (Å²) in [6.07, 6.45) is 2.89. The van der Waals surface area contributed by atoms with Crippen molar-refractivity contribution in [2.75, 3.05) is 19.3 Å². The predicted octanol–water partition coefficient (Wildman–Crippen LogP) is 2.73. The Morgan fingerprint density at radius 3 is 2.76 bits per heavy atom. The largest absolute Gasteiger partial charge is 0.339 e. The zero-order valence-electron chi connectivity index (χ0n) is 12.1. The lowest BCUT2D eigenvalue weighted by molar-refractivity contribution is 0.0789. The molecular weight excluding hydrogens is 286 g/mol. The van der Waals surface area contributed by atoms with Crippen LogP contribution in [0.1, 0.15) is 34.4 Å². The minimum atomic E-state index is 0.0707. The molecule has 1 amide bonds. The van der Waals surface area contributed by atoms with Crippen molar-refractivity contribution in [3.63, 3.8) is 0 Å². The molecule has 21 heavy (non-hydrogen) atoms. The topological polar surface area (TPSA) is 59.2 Å². The van der Waals surface area contributed by atoms with Gasteiger partial charge in [0, 0.05) is 23.5 Å². The number of carbonyl (C=O) groups excluding carboxylic acids is 1. The number of hydrogen-bond acceptors (Lipinski definition) is 5. The monoisotopic (exact) mass is 303 g/mol. The van der Waals surface area contributed by atoms with Gasteiger partial charge in [-0.2, -0.15) is 4.98 Å². The van der Waals surface area contributed by atoms with Gasteiger partial charge in [-0.25, -0.2) is 0 Å². The van der Waals surface area contributed by atoms with Crippen LogP contribution >= 0.6 is 11.8 Å². The second kappa shape index (κ2) is 5.89. The lowest BCUT2D eigenvalue weighted by atomic mass is 10.1. The summed E-state index contributed by atoms with van der Waals surface area (Å²) in [6, 6.07) is 7.73. The van der Waals surface area contributed by atoms with Crippen LogP contribution in [-0.4, -0.2) is 40.3 Å². The third kappa shape index (κ3) is 2.95. The van der Waals surface area contributed by atoms with E-state index in [0.717, 1.165) is 23.4 Å². The Morgan fingerprint density at radius 2 is 2.14 bits per heavy atom. The van der Waals surface area contributed by atoms with Crippen LogP contribution < -0.4 is 0 Å². The fourth-order valence-electron chi connectivity index (χ4n) is 2.54. The highest BCUT2D eigenvalue weighted by molar-refractivity contribution is 7.98. The van der Waals surface area contributed by atoms with E-state index in [-0.39, 0.29) is 11.8 Å². The van der Waals surface area contributed by atoms with E-state index in [1.54, 1.807) is 18.7 Å². The molecule has 6 heteroatoms. The first-order valence-electron chi connectivity index (χ1n) is 6.91. The van der Waals surface area contributed by atoms with Crippen molar-refractivity contribution >= 4 is 17.7 Å². The number of likely N-dealkylation sites (tertiary alicyclic amines) is 1. The van der Waals surface area contributed by atoms with E-state index in [1.807, 2.05) is 35.4 Å². The number of aromatic nitrogens is 2. The minimum Gasteiger partial charge on any atom is -0.339 e. The number of hydrogen-bond donors (Lipinski definition) is 0. The lowest BCUT2D eigenvalue weighted by Crippen LogP contribution is -2.28. The molecule has 1 aliphatic rings. The van der Waals surface area contributed by atoms with Gasteiger partial charge in [-0.1, -0.05) is 5.16 Å². The zero-order chi connectivity index (χ0) is 14.8. The third-order valence-corrected chi connectivity index (χ3v) is 4.45. The standard InChI is InChI=1S/C15H17N3O2S/c1-10-16-14(20-17-10)12-7-8-18(9-12)15(19)11-3-5-13(21-2)6-4-11/h3-6,12H,7-9H2,1-2H3/t12-/m0/s1. The third-order valence-electron chi connectivity index (χ3n) is 3.70. The first-order chi connectivity index (χ1) is 10.2. The van der Waals surface area contributed by atoms with E-state index in [1.165, 1.54) is 0 Å². The van der Waals surface area contributed by atoms with Crippen molar-refractivity contribution in [1.82, 2.24) is 15.0 Å². The van der Waals surface area contributed by atoms with Crippen LogP contribution in [0.3, 0.4) is 0 Å². The number of carbonyl (C=O) groups is 1. The molecule has 1 atom stereocenters.